The van der Waals surface area contributed by atoms with Gasteiger partial charge < -0.3 is 15.5 Å². The highest BCUT2D eigenvalue weighted by Gasteiger charge is 2.15. The number of anilines is 1. The average Bonchev–Trinajstić information content (AvgIpc) is 2.30. The van der Waals surface area contributed by atoms with Gasteiger partial charge in [-0.3, -0.25) is 9.59 Å². The lowest BCUT2D eigenvalue weighted by molar-refractivity contribution is -0.115. The van der Waals surface area contributed by atoms with Crippen LogP contribution >= 0.6 is 12.4 Å². The number of carbonyl (C=O) groups is 2. The highest BCUT2D eigenvalue weighted by Crippen LogP contribution is 2.18. The lowest BCUT2D eigenvalue weighted by atomic mass is 10.1. The number of aryl methyl sites for hydroxylation is 1. The van der Waals surface area contributed by atoms with Gasteiger partial charge in [-0.2, -0.15) is 0 Å². The first-order valence-electron chi connectivity index (χ1n) is 5.72. The predicted octanol–water partition coefficient (Wildman–Crippen LogP) is 1.28. The molecule has 2 N–H and O–H groups in total. The van der Waals surface area contributed by atoms with E-state index in [1.165, 1.54) is 4.90 Å². The number of amides is 2. The third-order valence-corrected chi connectivity index (χ3v) is 2.42. The van der Waals surface area contributed by atoms with Gasteiger partial charge in [0.05, 0.1) is 17.8 Å². The molecule has 0 saturated carbocycles. The molecule has 6 heteroatoms. The minimum atomic E-state index is -0.172. The Morgan fingerprint density at radius 1 is 1.26 bits per heavy atom. The van der Waals surface area contributed by atoms with Gasteiger partial charge in [0, 0.05) is 14.1 Å². The van der Waals surface area contributed by atoms with Gasteiger partial charge in [-0.25, -0.2) is 0 Å². The van der Waals surface area contributed by atoms with Gasteiger partial charge in [0.25, 0.3) is 5.91 Å². The van der Waals surface area contributed by atoms with E-state index in [0.717, 1.165) is 5.56 Å². The monoisotopic (exact) mass is 285 g/mol. The normalized spacial score (nSPS) is 9.47. The average molecular weight is 286 g/mol. The fourth-order valence-corrected chi connectivity index (χ4v) is 1.54. The fourth-order valence-electron chi connectivity index (χ4n) is 1.54. The molecule has 19 heavy (non-hydrogen) atoms. The summed E-state index contributed by atoms with van der Waals surface area (Å²) in [4.78, 5) is 25.0. The van der Waals surface area contributed by atoms with Crippen molar-refractivity contribution in [3.63, 3.8) is 0 Å². The molecule has 0 spiro atoms. The number of likely N-dealkylation sites (N-methyl/N-ethyl adjacent to an activating group) is 1. The highest BCUT2D eigenvalue weighted by molar-refractivity contribution is 6.04. The number of hydrogen-bond acceptors (Lipinski definition) is 3. The summed E-state index contributed by atoms with van der Waals surface area (Å²) in [5.74, 6) is -0.299. The molecule has 1 rings (SSSR count). The summed E-state index contributed by atoms with van der Waals surface area (Å²) >= 11 is 0. The third kappa shape index (κ3) is 4.89. The Kier molecular flexibility index (Phi) is 7.11. The number of nitrogens with zero attached hydrogens (tertiary/aromatic N) is 1. The van der Waals surface area contributed by atoms with Crippen molar-refractivity contribution >= 4 is 29.9 Å². The van der Waals surface area contributed by atoms with E-state index >= 15 is 0 Å². The Morgan fingerprint density at radius 3 is 2.42 bits per heavy atom. The smallest absolute Gasteiger partial charge is 0.255 e. The predicted molar refractivity (Wildman–Crippen MR) is 79.0 cm³/mol. The van der Waals surface area contributed by atoms with Gasteiger partial charge in [0.15, 0.2) is 0 Å². The van der Waals surface area contributed by atoms with Crippen molar-refractivity contribution in [2.24, 2.45) is 0 Å². The van der Waals surface area contributed by atoms with Crippen molar-refractivity contribution in [3.8, 4) is 0 Å². The fraction of sp³-hybridized carbons (Fsp3) is 0.385. The summed E-state index contributed by atoms with van der Waals surface area (Å²) in [5.41, 5.74) is 2.02. The lowest BCUT2D eigenvalue weighted by Gasteiger charge is -2.15. The van der Waals surface area contributed by atoms with Crippen LogP contribution in [0.3, 0.4) is 0 Å². The molecule has 0 aliphatic carbocycles. The second kappa shape index (κ2) is 7.76. The molecule has 1 aromatic rings. The SMILES string of the molecule is CNCC(=O)Nc1ccc(C)cc1C(=O)N(C)C.Cl. The molecule has 0 heterocycles. The molecule has 0 saturated heterocycles. The Bertz CT molecular complexity index is 461. The van der Waals surface area contributed by atoms with Crippen LogP contribution in [-0.2, 0) is 4.79 Å². The molecule has 0 radical (unpaired) electrons. The molecular weight excluding hydrogens is 266 g/mol. The van der Waals surface area contributed by atoms with E-state index < -0.39 is 0 Å². The molecule has 0 unspecified atom stereocenters. The quantitative estimate of drug-likeness (QED) is 0.876. The van der Waals surface area contributed by atoms with Crippen molar-refractivity contribution < 1.29 is 9.59 Å². The maximum atomic E-state index is 12.0. The van der Waals surface area contributed by atoms with Crippen molar-refractivity contribution in [2.45, 2.75) is 6.92 Å². The molecule has 0 bridgehead atoms. The number of benzene rings is 1. The number of halogens is 1. The first-order chi connectivity index (χ1) is 8.45. The molecular formula is C13H20ClN3O2. The maximum absolute atomic E-state index is 12.0. The van der Waals surface area contributed by atoms with Crippen molar-refractivity contribution in [3.05, 3.63) is 29.3 Å². The minimum absolute atomic E-state index is 0. The van der Waals surface area contributed by atoms with Crippen LogP contribution in [-0.4, -0.2) is 44.4 Å². The number of hydrogen-bond donors (Lipinski definition) is 2. The van der Waals surface area contributed by atoms with Crippen LogP contribution in [0.2, 0.25) is 0 Å². The van der Waals surface area contributed by atoms with Crippen LogP contribution < -0.4 is 10.6 Å². The molecule has 0 aromatic heterocycles. The summed E-state index contributed by atoms with van der Waals surface area (Å²) in [6, 6.07) is 5.39. The largest absolute Gasteiger partial charge is 0.345 e. The van der Waals surface area contributed by atoms with Gasteiger partial charge in [0.1, 0.15) is 0 Å². The van der Waals surface area contributed by atoms with E-state index in [1.54, 1.807) is 33.3 Å². The zero-order valence-corrected chi connectivity index (χ0v) is 12.4. The summed E-state index contributed by atoms with van der Waals surface area (Å²) in [7, 11) is 5.06. The summed E-state index contributed by atoms with van der Waals surface area (Å²) in [6.07, 6.45) is 0. The van der Waals surface area contributed by atoms with Crippen molar-refractivity contribution in [2.75, 3.05) is 33.0 Å². The van der Waals surface area contributed by atoms with Crippen LogP contribution in [0.25, 0.3) is 0 Å². The topological polar surface area (TPSA) is 61.4 Å². The van der Waals surface area contributed by atoms with E-state index in [4.69, 9.17) is 0 Å². The van der Waals surface area contributed by atoms with Gasteiger partial charge in [-0.1, -0.05) is 11.6 Å². The summed E-state index contributed by atoms with van der Waals surface area (Å²) < 4.78 is 0. The van der Waals surface area contributed by atoms with Gasteiger partial charge >= 0.3 is 0 Å². The van der Waals surface area contributed by atoms with Crippen LogP contribution in [0.5, 0.6) is 0 Å². The molecule has 2 amide bonds. The first kappa shape index (κ1) is 17.4. The second-order valence-electron chi connectivity index (χ2n) is 4.33. The number of carbonyl (C=O) groups excluding carboxylic acids is 2. The van der Waals surface area contributed by atoms with Crippen molar-refractivity contribution in [1.82, 2.24) is 10.2 Å². The second-order valence-corrected chi connectivity index (χ2v) is 4.33. The van der Waals surface area contributed by atoms with E-state index in [2.05, 4.69) is 10.6 Å². The Morgan fingerprint density at radius 2 is 1.89 bits per heavy atom. The Labute approximate surface area is 119 Å². The Balaban J connectivity index is 0.00000324. The molecule has 106 valence electrons. The molecule has 0 fully saturated rings. The number of rotatable bonds is 4. The standard InChI is InChI=1S/C13H19N3O2.ClH/c1-9-5-6-11(15-12(17)8-14-2)10(7-9)13(18)16(3)4;/h5-7,14H,8H2,1-4H3,(H,15,17);1H. The van der Waals surface area contributed by atoms with Crippen LogP contribution in [0.15, 0.2) is 18.2 Å². The zero-order chi connectivity index (χ0) is 13.7. The summed E-state index contributed by atoms with van der Waals surface area (Å²) in [6.45, 7) is 2.12. The van der Waals surface area contributed by atoms with E-state index in [0.29, 0.717) is 11.3 Å². The first-order valence-corrected chi connectivity index (χ1v) is 5.72. The van der Waals surface area contributed by atoms with Crippen LogP contribution in [0, 0.1) is 6.92 Å². The van der Waals surface area contributed by atoms with Crippen LogP contribution in [0.4, 0.5) is 5.69 Å². The lowest BCUT2D eigenvalue weighted by Crippen LogP contribution is -2.28. The van der Waals surface area contributed by atoms with E-state index in [-0.39, 0.29) is 30.8 Å². The third-order valence-electron chi connectivity index (χ3n) is 2.42. The zero-order valence-electron chi connectivity index (χ0n) is 11.6. The molecule has 0 aliphatic rings. The van der Waals surface area contributed by atoms with Gasteiger partial charge in [-0.15, -0.1) is 12.4 Å². The van der Waals surface area contributed by atoms with E-state index in [9.17, 15) is 9.59 Å². The Hall–Kier alpha value is -1.59. The van der Waals surface area contributed by atoms with Gasteiger partial charge in [0.2, 0.25) is 5.91 Å². The summed E-state index contributed by atoms with van der Waals surface area (Å²) in [5, 5.41) is 5.49. The molecule has 5 nitrogen and oxygen atoms in total. The molecule has 1 aromatic carbocycles. The molecule has 0 aliphatic heterocycles. The number of nitrogens with one attached hydrogen (secondary N) is 2. The minimum Gasteiger partial charge on any atom is -0.345 e. The van der Waals surface area contributed by atoms with Crippen molar-refractivity contribution in [1.29, 1.82) is 0 Å². The maximum Gasteiger partial charge on any atom is 0.255 e. The van der Waals surface area contributed by atoms with Crippen LogP contribution in [0.1, 0.15) is 15.9 Å². The molecule has 0 atom stereocenters. The van der Waals surface area contributed by atoms with E-state index in [1.807, 2.05) is 13.0 Å². The highest BCUT2D eigenvalue weighted by atomic mass is 35.5. The van der Waals surface area contributed by atoms with Gasteiger partial charge in [-0.05, 0) is 26.1 Å².